The van der Waals surface area contributed by atoms with Crippen molar-refractivity contribution >= 4 is 39.0 Å². The number of hydrogen-bond donors (Lipinski definition) is 4. The third-order valence-electron chi connectivity index (χ3n) is 4.98. The first-order valence-electron chi connectivity index (χ1n) is 10.1. The molecule has 3 rings (SSSR count). The Labute approximate surface area is 187 Å². The van der Waals surface area contributed by atoms with Crippen molar-refractivity contribution in [1.29, 1.82) is 0 Å². The van der Waals surface area contributed by atoms with Gasteiger partial charge in [-0.2, -0.15) is 0 Å². The van der Waals surface area contributed by atoms with Gasteiger partial charge in [0.1, 0.15) is 5.75 Å². The molecule has 4 N–H and O–H groups in total. The van der Waals surface area contributed by atoms with E-state index in [1.165, 1.54) is 0 Å². The summed E-state index contributed by atoms with van der Waals surface area (Å²) in [5.74, 6) is -0.207. The van der Waals surface area contributed by atoms with Crippen LogP contribution < -0.4 is 20.3 Å². The molecule has 0 saturated carbocycles. The smallest absolute Gasteiger partial charge is 0.328 e. The number of imide groups is 1. The van der Waals surface area contributed by atoms with Gasteiger partial charge in [0.2, 0.25) is 15.9 Å². The molecular weight excluding hydrogens is 432 g/mol. The summed E-state index contributed by atoms with van der Waals surface area (Å²) < 4.78 is 25.1. The second kappa shape index (κ2) is 8.70. The number of nitrogens with one attached hydrogen (secondary N) is 3. The van der Waals surface area contributed by atoms with Crippen molar-refractivity contribution in [3.05, 3.63) is 47.5 Å². The third kappa shape index (κ3) is 5.50. The summed E-state index contributed by atoms with van der Waals surface area (Å²) in [6.45, 7) is 6.35. The van der Waals surface area contributed by atoms with Gasteiger partial charge in [-0.1, -0.05) is 20.8 Å². The number of carbonyl (C=O) groups is 2. The molecule has 172 valence electrons. The average molecular weight is 461 g/mol. The van der Waals surface area contributed by atoms with Crippen molar-refractivity contribution in [2.24, 2.45) is 0 Å². The van der Waals surface area contributed by atoms with Crippen LogP contribution in [0.5, 0.6) is 5.75 Å². The highest BCUT2D eigenvalue weighted by Crippen LogP contribution is 2.38. The molecule has 2 aromatic carbocycles. The van der Waals surface area contributed by atoms with Gasteiger partial charge >= 0.3 is 6.03 Å². The zero-order valence-corrected chi connectivity index (χ0v) is 19.3. The largest absolute Gasteiger partial charge is 0.507 e. The topological polar surface area (TPSA) is 128 Å². The summed E-state index contributed by atoms with van der Waals surface area (Å²) in [6, 6.07) is 9.47. The van der Waals surface area contributed by atoms with Gasteiger partial charge in [-0.25, -0.2) is 18.1 Å². The Morgan fingerprint density at radius 2 is 1.72 bits per heavy atom. The first kappa shape index (κ1) is 23.4. The minimum absolute atomic E-state index is 0.0916. The Balaban J connectivity index is 1.90. The van der Waals surface area contributed by atoms with Crippen molar-refractivity contribution in [3.8, 4) is 5.75 Å². The van der Waals surface area contributed by atoms with Gasteiger partial charge in [0.25, 0.3) is 0 Å². The molecule has 1 aliphatic rings. The Morgan fingerprint density at radius 1 is 1.09 bits per heavy atom. The Morgan fingerprint density at radius 3 is 2.28 bits per heavy atom. The van der Waals surface area contributed by atoms with Crippen LogP contribution in [0.25, 0.3) is 0 Å². The van der Waals surface area contributed by atoms with E-state index >= 15 is 0 Å². The molecule has 1 saturated heterocycles. The number of carbonyl (C=O) groups excluding carboxylic acids is 2. The number of sulfonamides is 1. The van der Waals surface area contributed by atoms with Crippen LogP contribution in [0.4, 0.5) is 21.9 Å². The van der Waals surface area contributed by atoms with E-state index in [1.807, 2.05) is 20.8 Å². The molecule has 0 aliphatic carbocycles. The molecule has 32 heavy (non-hydrogen) atoms. The lowest BCUT2D eigenvalue weighted by Gasteiger charge is -2.29. The van der Waals surface area contributed by atoms with Gasteiger partial charge in [-0.3, -0.25) is 9.52 Å². The van der Waals surface area contributed by atoms with E-state index in [2.05, 4.69) is 15.4 Å². The van der Waals surface area contributed by atoms with Gasteiger partial charge in [0.15, 0.2) is 0 Å². The number of benzene rings is 2. The van der Waals surface area contributed by atoms with E-state index in [1.54, 1.807) is 36.4 Å². The molecule has 0 aromatic heterocycles. The summed E-state index contributed by atoms with van der Waals surface area (Å²) in [6.07, 6.45) is 1.29. The normalized spacial score (nSPS) is 14.8. The molecule has 0 radical (unpaired) electrons. The minimum Gasteiger partial charge on any atom is -0.507 e. The second-order valence-corrected chi connectivity index (χ2v) is 10.5. The van der Waals surface area contributed by atoms with E-state index in [9.17, 15) is 23.1 Å². The van der Waals surface area contributed by atoms with Gasteiger partial charge in [0.05, 0.1) is 11.9 Å². The van der Waals surface area contributed by atoms with Gasteiger partial charge < -0.3 is 15.7 Å². The SMILES string of the molecule is CC(C)(C)c1cc(N2C(=O)CCNC2=O)cc(CNc2ccc(NS(C)(=O)=O)cc2)c1O. The number of amides is 3. The zero-order chi connectivity index (χ0) is 23.7. The summed E-state index contributed by atoms with van der Waals surface area (Å²) in [4.78, 5) is 25.9. The Bertz CT molecular complexity index is 1120. The third-order valence-corrected chi connectivity index (χ3v) is 5.59. The second-order valence-electron chi connectivity index (χ2n) is 8.77. The van der Waals surface area contributed by atoms with Crippen molar-refractivity contribution in [2.45, 2.75) is 39.2 Å². The fourth-order valence-corrected chi connectivity index (χ4v) is 3.99. The molecule has 9 nitrogen and oxygen atoms in total. The predicted molar refractivity (Wildman–Crippen MR) is 125 cm³/mol. The number of urea groups is 1. The maximum atomic E-state index is 12.4. The van der Waals surface area contributed by atoms with Crippen LogP contribution in [0.1, 0.15) is 38.3 Å². The van der Waals surface area contributed by atoms with Crippen molar-refractivity contribution in [1.82, 2.24) is 5.32 Å². The summed E-state index contributed by atoms with van der Waals surface area (Å²) >= 11 is 0. The zero-order valence-electron chi connectivity index (χ0n) is 18.5. The maximum Gasteiger partial charge on any atom is 0.328 e. The Hall–Kier alpha value is -3.27. The van der Waals surface area contributed by atoms with Gasteiger partial charge in [-0.15, -0.1) is 0 Å². The van der Waals surface area contributed by atoms with Gasteiger partial charge in [0, 0.05) is 42.0 Å². The van der Waals surface area contributed by atoms with Crippen molar-refractivity contribution in [3.63, 3.8) is 0 Å². The number of phenols is 1. The summed E-state index contributed by atoms with van der Waals surface area (Å²) in [5.41, 5.74) is 2.26. The van der Waals surface area contributed by atoms with Crippen molar-refractivity contribution < 1.29 is 23.1 Å². The molecule has 2 aromatic rings. The van der Waals surface area contributed by atoms with Crippen LogP contribution in [-0.4, -0.2) is 38.3 Å². The number of aromatic hydroxyl groups is 1. The van der Waals surface area contributed by atoms with Crippen molar-refractivity contribution in [2.75, 3.05) is 27.7 Å². The molecule has 1 fully saturated rings. The molecule has 3 amide bonds. The molecular formula is C22H28N4O5S. The lowest BCUT2D eigenvalue weighted by molar-refractivity contribution is -0.118. The molecule has 1 aliphatic heterocycles. The highest BCUT2D eigenvalue weighted by Gasteiger charge is 2.30. The van der Waals surface area contributed by atoms with Crippen LogP contribution in [-0.2, 0) is 26.8 Å². The fraction of sp³-hybridized carbons (Fsp3) is 0.364. The van der Waals surface area contributed by atoms with E-state index in [0.717, 1.165) is 11.2 Å². The average Bonchev–Trinajstić information content (AvgIpc) is 2.67. The number of hydrogen-bond acceptors (Lipinski definition) is 6. The first-order chi connectivity index (χ1) is 14.8. The number of anilines is 3. The molecule has 0 spiro atoms. The lowest BCUT2D eigenvalue weighted by Crippen LogP contribution is -2.50. The van der Waals surface area contributed by atoms with Crippen LogP contribution in [0.2, 0.25) is 0 Å². The summed E-state index contributed by atoms with van der Waals surface area (Å²) in [7, 11) is -3.36. The van der Waals surface area contributed by atoms with Crippen LogP contribution in [0.3, 0.4) is 0 Å². The van der Waals surface area contributed by atoms with E-state index in [4.69, 9.17) is 0 Å². The van der Waals surface area contributed by atoms with Crippen LogP contribution in [0, 0.1) is 0 Å². The van der Waals surface area contributed by atoms with E-state index in [-0.39, 0.29) is 24.6 Å². The molecule has 0 bridgehead atoms. The number of rotatable bonds is 6. The highest BCUT2D eigenvalue weighted by molar-refractivity contribution is 7.92. The lowest BCUT2D eigenvalue weighted by atomic mass is 9.84. The van der Waals surface area contributed by atoms with E-state index in [0.29, 0.717) is 34.7 Å². The predicted octanol–water partition coefficient (Wildman–Crippen LogP) is 3.12. The van der Waals surface area contributed by atoms with Gasteiger partial charge in [-0.05, 0) is 41.8 Å². The minimum atomic E-state index is -3.36. The van der Waals surface area contributed by atoms with Crippen LogP contribution >= 0.6 is 0 Å². The maximum absolute atomic E-state index is 12.4. The molecule has 0 atom stereocenters. The highest BCUT2D eigenvalue weighted by atomic mass is 32.2. The number of nitrogens with zero attached hydrogens (tertiary/aromatic N) is 1. The monoisotopic (exact) mass is 460 g/mol. The molecule has 1 heterocycles. The van der Waals surface area contributed by atoms with E-state index < -0.39 is 21.5 Å². The molecule has 0 unspecified atom stereocenters. The molecule has 10 heteroatoms. The Kier molecular flexibility index (Phi) is 6.36. The number of phenolic OH excluding ortho intramolecular Hbond substituents is 1. The van der Waals surface area contributed by atoms with Crippen LogP contribution in [0.15, 0.2) is 36.4 Å². The fourth-order valence-electron chi connectivity index (χ4n) is 3.42. The summed E-state index contributed by atoms with van der Waals surface area (Å²) in [5, 5.41) is 16.8. The quantitative estimate of drug-likeness (QED) is 0.524. The standard InChI is InChI=1S/C22H28N4O5S/c1-22(2,3)18-12-17(26-19(27)9-10-23-21(26)29)11-14(20(18)28)13-24-15-5-7-16(8-6-15)25-32(4,30)31/h5-8,11-12,24-25,28H,9-10,13H2,1-4H3,(H,23,29). The first-order valence-corrected chi connectivity index (χ1v) is 12.0.